The molecule has 0 radical (unpaired) electrons. The first-order valence-corrected chi connectivity index (χ1v) is 9.48. The Hall–Kier alpha value is -2.73. The molecular weight excluding hydrogens is 338 g/mol. The largest absolute Gasteiger partial charge is 0.408 e. The molecule has 3 aromatic rings. The monoisotopic (exact) mass is 363 g/mol. The standard InChI is InChI=1S/C21H25N5O/c1-16-4-2-3-5-19(16)15-26-11-8-18(14-26)13-23-21-25-24-20(27-21)12-17-6-9-22-10-7-17/h2-7,9-10,18H,8,11-15H2,1H3,(H,23,25). The number of nitrogens with one attached hydrogen (secondary N) is 1. The first-order chi connectivity index (χ1) is 13.3. The molecule has 1 aliphatic heterocycles. The quantitative estimate of drug-likeness (QED) is 0.695. The van der Waals surface area contributed by atoms with Crippen LogP contribution in [0.1, 0.15) is 29.0 Å². The highest BCUT2D eigenvalue weighted by molar-refractivity contribution is 5.25. The topological polar surface area (TPSA) is 67.1 Å². The SMILES string of the molecule is Cc1ccccc1CN1CCC(CNc2nnc(Cc3ccncc3)o2)C1. The van der Waals surface area contributed by atoms with Gasteiger partial charge in [0.05, 0.1) is 6.42 Å². The number of aryl methyl sites for hydroxylation is 1. The van der Waals surface area contributed by atoms with Crippen LogP contribution in [0.25, 0.3) is 0 Å². The van der Waals surface area contributed by atoms with Crippen LogP contribution in [0.3, 0.4) is 0 Å². The van der Waals surface area contributed by atoms with E-state index >= 15 is 0 Å². The minimum Gasteiger partial charge on any atom is -0.408 e. The van der Waals surface area contributed by atoms with Gasteiger partial charge in [-0.15, -0.1) is 5.10 Å². The molecule has 1 saturated heterocycles. The van der Waals surface area contributed by atoms with Crippen molar-refractivity contribution in [1.82, 2.24) is 20.1 Å². The molecule has 0 spiro atoms. The van der Waals surface area contributed by atoms with E-state index in [1.54, 1.807) is 12.4 Å². The molecule has 6 heteroatoms. The molecule has 0 amide bonds. The number of pyridine rings is 1. The summed E-state index contributed by atoms with van der Waals surface area (Å²) in [4.78, 5) is 6.55. The number of anilines is 1. The zero-order chi connectivity index (χ0) is 18.5. The van der Waals surface area contributed by atoms with Crippen molar-refractivity contribution < 1.29 is 4.42 Å². The second-order valence-electron chi connectivity index (χ2n) is 7.23. The van der Waals surface area contributed by atoms with Crippen LogP contribution < -0.4 is 5.32 Å². The third-order valence-electron chi connectivity index (χ3n) is 5.14. The Morgan fingerprint density at radius 3 is 2.85 bits per heavy atom. The van der Waals surface area contributed by atoms with Crippen molar-refractivity contribution in [3.05, 3.63) is 71.4 Å². The normalized spacial score (nSPS) is 17.3. The summed E-state index contributed by atoms with van der Waals surface area (Å²) in [6.45, 7) is 6.31. The summed E-state index contributed by atoms with van der Waals surface area (Å²) in [7, 11) is 0. The zero-order valence-corrected chi connectivity index (χ0v) is 15.6. The molecular formula is C21H25N5O. The average Bonchev–Trinajstić information content (AvgIpc) is 3.32. The molecule has 6 nitrogen and oxygen atoms in total. The third-order valence-corrected chi connectivity index (χ3v) is 5.14. The van der Waals surface area contributed by atoms with Crippen molar-refractivity contribution in [2.24, 2.45) is 5.92 Å². The van der Waals surface area contributed by atoms with Gasteiger partial charge in [-0.25, -0.2) is 0 Å². The van der Waals surface area contributed by atoms with E-state index in [-0.39, 0.29) is 0 Å². The number of nitrogens with zero attached hydrogens (tertiary/aromatic N) is 4. The van der Waals surface area contributed by atoms with E-state index in [4.69, 9.17) is 4.42 Å². The number of benzene rings is 1. The minimum atomic E-state index is 0.511. The number of aromatic nitrogens is 3. The molecule has 1 N–H and O–H groups in total. The lowest BCUT2D eigenvalue weighted by molar-refractivity contribution is 0.318. The lowest BCUT2D eigenvalue weighted by Gasteiger charge is -2.17. The van der Waals surface area contributed by atoms with Gasteiger partial charge in [0.2, 0.25) is 5.89 Å². The number of hydrogen-bond acceptors (Lipinski definition) is 6. The Morgan fingerprint density at radius 1 is 1.15 bits per heavy atom. The van der Waals surface area contributed by atoms with Gasteiger partial charge in [0, 0.05) is 32.0 Å². The fourth-order valence-corrected chi connectivity index (χ4v) is 3.55. The van der Waals surface area contributed by atoms with Crippen molar-refractivity contribution in [2.45, 2.75) is 26.3 Å². The Balaban J connectivity index is 1.25. The molecule has 1 aliphatic rings. The van der Waals surface area contributed by atoms with E-state index in [2.05, 4.69) is 56.6 Å². The number of likely N-dealkylation sites (tertiary alicyclic amines) is 1. The van der Waals surface area contributed by atoms with E-state index < -0.39 is 0 Å². The van der Waals surface area contributed by atoms with E-state index in [0.29, 0.717) is 24.2 Å². The maximum absolute atomic E-state index is 5.72. The smallest absolute Gasteiger partial charge is 0.315 e. The second-order valence-corrected chi connectivity index (χ2v) is 7.23. The van der Waals surface area contributed by atoms with Crippen LogP contribution in [-0.2, 0) is 13.0 Å². The van der Waals surface area contributed by atoms with Crippen molar-refractivity contribution in [1.29, 1.82) is 0 Å². The van der Waals surface area contributed by atoms with Crippen LogP contribution in [0.15, 0.2) is 53.2 Å². The zero-order valence-electron chi connectivity index (χ0n) is 15.6. The Kier molecular flexibility index (Phi) is 5.44. The maximum Gasteiger partial charge on any atom is 0.315 e. The molecule has 1 fully saturated rings. The first-order valence-electron chi connectivity index (χ1n) is 9.48. The molecule has 4 rings (SSSR count). The molecule has 2 aromatic heterocycles. The molecule has 0 saturated carbocycles. The lowest BCUT2D eigenvalue weighted by atomic mass is 10.1. The van der Waals surface area contributed by atoms with Gasteiger partial charge in [0.15, 0.2) is 0 Å². The highest BCUT2D eigenvalue weighted by Gasteiger charge is 2.23. The Labute approximate surface area is 159 Å². The van der Waals surface area contributed by atoms with Gasteiger partial charge < -0.3 is 9.73 Å². The summed E-state index contributed by atoms with van der Waals surface area (Å²) in [5, 5.41) is 11.6. The second kappa shape index (κ2) is 8.31. The van der Waals surface area contributed by atoms with E-state index in [1.807, 2.05) is 12.1 Å². The summed E-state index contributed by atoms with van der Waals surface area (Å²) in [5.41, 5.74) is 3.90. The van der Waals surface area contributed by atoms with E-state index in [1.165, 1.54) is 17.5 Å². The van der Waals surface area contributed by atoms with E-state index in [9.17, 15) is 0 Å². The first kappa shape index (κ1) is 17.7. The average molecular weight is 363 g/mol. The summed E-state index contributed by atoms with van der Waals surface area (Å²) >= 11 is 0. The Bertz CT molecular complexity index is 864. The fraction of sp³-hybridized carbons (Fsp3) is 0.381. The third kappa shape index (κ3) is 4.71. The minimum absolute atomic E-state index is 0.511. The molecule has 3 heterocycles. The predicted molar refractivity (Wildman–Crippen MR) is 104 cm³/mol. The van der Waals surface area contributed by atoms with E-state index in [0.717, 1.165) is 31.7 Å². The highest BCUT2D eigenvalue weighted by Crippen LogP contribution is 2.21. The summed E-state index contributed by atoms with van der Waals surface area (Å²) in [6.07, 6.45) is 5.36. The lowest BCUT2D eigenvalue weighted by Crippen LogP contribution is -2.23. The van der Waals surface area contributed by atoms with Gasteiger partial charge in [0.25, 0.3) is 0 Å². The van der Waals surface area contributed by atoms with Gasteiger partial charge >= 0.3 is 6.01 Å². The molecule has 140 valence electrons. The van der Waals surface area contributed by atoms with Crippen molar-refractivity contribution >= 4 is 6.01 Å². The molecule has 0 aliphatic carbocycles. The molecule has 1 atom stereocenters. The van der Waals surface area contributed by atoms with Crippen molar-refractivity contribution in [3.63, 3.8) is 0 Å². The van der Waals surface area contributed by atoms with Crippen molar-refractivity contribution in [2.75, 3.05) is 25.0 Å². The van der Waals surface area contributed by atoms with Crippen LogP contribution in [-0.4, -0.2) is 39.7 Å². The van der Waals surface area contributed by atoms with Crippen LogP contribution in [0, 0.1) is 12.8 Å². The van der Waals surface area contributed by atoms with Gasteiger partial charge in [0.1, 0.15) is 0 Å². The molecule has 1 unspecified atom stereocenters. The Morgan fingerprint density at radius 2 is 2.00 bits per heavy atom. The summed E-state index contributed by atoms with van der Waals surface area (Å²) in [5.74, 6) is 1.22. The van der Waals surface area contributed by atoms with Crippen LogP contribution in [0.5, 0.6) is 0 Å². The predicted octanol–water partition coefficient (Wildman–Crippen LogP) is 3.30. The maximum atomic E-state index is 5.72. The van der Waals surface area contributed by atoms with Crippen LogP contribution in [0.4, 0.5) is 6.01 Å². The van der Waals surface area contributed by atoms with Crippen molar-refractivity contribution in [3.8, 4) is 0 Å². The van der Waals surface area contributed by atoms with Gasteiger partial charge in [-0.3, -0.25) is 9.88 Å². The summed E-state index contributed by atoms with van der Waals surface area (Å²) in [6, 6.07) is 13.1. The molecule has 0 bridgehead atoms. The molecule has 1 aromatic carbocycles. The number of hydrogen-bond donors (Lipinski definition) is 1. The number of rotatable bonds is 7. The molecule has 27 heavy (non-hydrogen) atoms. The summed E-state index contributed by atoms with van der Waals surface area (Å²) < 4.78 is 5.72. The fourth-order valence-electron chi connectivity index (χ4n) is 3.55. The van der Waals surface area contributed by atoms with Gasteiger partial charge in [-0.2, -0.15) is 0 Å². The van der Waals surface area contributed by atoms with Gasteiger partial charge in [-0.1, -0.05) is 29.4 Å². The van der Waals surface area contributed by atoms with Gasteiger partial charge in [-0.05, 0) is 54.6 Å². The van der Waals surface area contributed by atoms with Crippen LogP contribution >= 0.6 is 0 Å². The highest BCUT2D eigenvalue weighted by atomic mass is 16.4. The van der Waals surface area contributed by atoms with Crippen LogP contribution in [0.2, 0.25) is 0 Å².